The molecule has 3 atom stereocenters. The smallest absolute Gasteiger partial charge is 0.339 e. The lowest BCUT2D eigenvalue weighted by Crippen LogP contribution is -2.52. The first-order chi connectivity index (χ1) is 16.4. The summed E-state index contributed by atoms with van der Waals surface area (Å²) in [6, 6.07) is 8.75. The number of ether oxygens (including phenoxy) is 1. The van der Waals surface area contributed by atoms with E-state index in [2.05, 4.69) is 0 Å². The molecule has 2 aliphatic heterocycles. The van der Waals surface area contributed by atoms with Crippen molar-refractivity contribution in [3.63, 3.8) is 0 Å². The molecule has 7 nitrogen and oxygen atoms in total. The second kappa shape index (κ2) is 8.01. The number of nitrogens with zero attached hydrogens (tertiary/aromatic N) is 2. The number of rotatable bonds is 3. The summed E-state index contributed by atoms with van der Waals surface area (Å²) in [6.45, 7) is 3.49. The molecular formula is C26H25ClN2O5. The van der Waals surface area contributed by atoms with Crippen LogP contribution in [0.4, 0.5) is 0 Å². The Balaban J connectivity index is 1.24. The van der Waals surface area contributed by atoms with Crippen LogP contribution in [-0.4, -0.2) is 34.6 Å². The summed E-state index contributed by atoms with van der Waals surface area (Å²) in [4.78, 5) is 39.7. The largest absolute Gasteiger partial charge is 0.479 e. The summed E-state index contributed by atoms with van der Waals surface area (Å²) in [6.07, 6.45) is 2.70. The molecule has 0 radical (unpaired) electrons. The minimum absolute atomic E-state index is 0.0203. The zero-order chi connectivity index (χ0) is 23.6. The van der Waals surface area contributed by atoms with E-state index in [0.717, 1.165) is 47.9 Å². The van der Waals surface area contributed by atoms with E-state index in [4.69, 9.17) is 20.8 Å². The number of aryl methyl sites for hydroxylation is 1. The highest BCUT2D eigenvalue weighted by Crippen LogP contribution is 2.37. The quantitative estimate of drug-likeness (QED) is 0.536. The Morgan fingerprint density at radius 3 is 2.82 bits per heavy atom. The molecule has 1 amide bonds. The van der Waals surface area contributed by atoms with E-state index in [1.54, 1.807) is 31.2 Å². The van der Waals surface area contributed by atoms with E-state index in [-0.39, 0.29) is 28.9 Å². The fraction of sp³-hybridized carbons (Fsp3) is 0.423. The van der Waals surface area contributed by atoms with Crippen molar-refractivity contribution in [2.45, 2.75) is 51.2 Å². The Morgan fingerprint density at radius 2 is 1.97 bits per heavy atom. The third kappa shape index (κ3) is 3.45. The van der Waals surface area contributed by atoms with E-state index in [1.807, 2.05) is 15.5 Å². The van der Waals surface area contributed by atoms with Crippen molar-refractivity contribution in [3.05, 3.63) is 72.9 Å². The average Bonchev–Trinajstić information content (AvgIpc) is 3.31. The van der Waals surface area contributed by atoms with Crippen LogP contribution in [0.3, 0.4) is 0 Å². The van der Waals surface area contributed by atoms with E-state index in [9.17, 15) is 14.4 Å². The number of fused-ring (bicyclic) bond motifs is 7. The average molecular weight is 481 g/mol. The molecule has 0 spiro atoms. The van der Waals surface area contributed by atoms with Crippen LogP contribution in [0.2, 0.25) is 5.02 Å². The zero-order valence-corrected chi connectivity index (χ0v) is 19.6. The van der Waals surface area contributed by atoms with Crippen molar-refractivity contribution in [3.8, 4) is 5.75 Å². The summed E-state index contributed by atoms with van der Waals surface area (Å²) in [5, 5.41) is 1.22. The van der Waals surface area contributed by atoms with Gasteiger partial charge in [-0.15, -0.1) is 0 Å². The monoisotopic (exact) mass is 480 g/mol. The minimum atomic E-state index is -0.757. The molecule has 3 aromatic rings. The number of carbonyl (C=O) groups is 1. The lowest BCUT2D eigenvalue weighted by molar-refractivity contribution is -0.140. The number of hydrogen-bond acceptors (Lipinski definition) is 5. The molecule has 1 aliphatic carbocycles. The molecule has 1 saturated heterocycles. The number of hydrogen-bond donors (Lipinski definition) is 0. The number of halogens is 1. The maximum atomic E-state index is 13.3. The lowest BCUT2D eigenvalue weighted by atomic mass is 9.83. The molecule has 1 aromatic carbocycles. The SMILES string of the molecule is C[C@H](Oc1cc2oc(=O)c3c(c2cc1Cl)CCC3)C(=O)N1C[C@@H]2C[C@H](C1)c1cccc(=O)n1C2. The van der Waals surface area contributed by atoms with Gasteiger partial charge < -0.3 is 18.6 Å². The third-order valence-corrected chi connectivity index (χ3v) is 7.76. The molecule has 6 rings (SSSR count). The molecule has 1 fully saturated rings. The van der Waals surface area contributed by atoms with E-state index in [1.165, 1.54) is 0 Å². The summed E-state index contributed by atoms with van der Waals surface area (Å²) in [7, 11) is 0. The van der Waals surface area contributed by atoms with Gasteiger partial charge in [0.05, 0.1) is 5.02 Å². The summed E-state index contributed by atoms with van der Waals surface area (Å²) in [5.74, 6) is 0.583. The molecule has 176 valence electrons. The Kier molecular flexibility index (Phi) is 5.06. The van der Waals surface area contributed by atoms with Gasteiger partial charge in [0.25, 0.3) is 11.5 Å². The van der Waals surface area contributed by atoms with Crippen LogP contribution < -0.4 is 15.9 Å². The molecule has 34 heavy (non-hydrogen) atoms. The Labute approximate surface area is 200 Å². The zero-order valence-electron chi connectivity index (χ0n) is 18.9. The van der Waals surface area contributed by atoms with Gasteiger partial charge >= 0.3 is 5.63 Å². The summed E-state index contributed by atoms with van der Waals surface area (Å²) in [5.41, 5.74) is 2.88. The van der Waals surface area contributed by atoms with E-state index < -0.39 is 6.10 Å². The second-order valence-electron chi connectivity index (χ2n) is 9.68. The van der Waals surface area contributed by atoms with Crippen LogP contribution in [-0.2, 0) is 24.2 Å². The van der Waals surface area contributed by atoms with Crippen LogP contribution >= 0.6 is 11.6 Å². The van der Waals surface area contributed by atoms with E-state index >= 15 is 0 Å². The highest BCUT2D eigenvalue weighted by atomic mass is 35.5. The topological polar surface area (TPSA) is 81.8 Å². The van der Waals surface area contributed by atoms with Gasteiger partial charge in [0.2, 0.25) is 0 Å². The number of pyridine rings is 1. The fourth-order valence-electron chi connectivity index (χ4n) is 5.95. The van der Waals surface area contributed by atoms with Crippen molar-refractivity contribution in [1.82, 2.24) is 9.47 Å². The molecule has 8 heteroatoms. The normalized spacial score (nSPS) is 21.8. The number of aromatic nitrogens is 1. The van der Waals surface area contributed by atoms with Gasteiger partial charge in [-0.05, 0) is 56.2 Å². The third-order valence-electron chi connectivity index (χ3n) is 7.47. The predicted molar refractivity (Wildman–Crippen MR) is 128 cm³/mol. The Morgan fingerprint density at radius 1 is 1.15 bits per heavy atom. The standard InChI is InChI=1S/C26H25ClN2O5/c1-14(25(31)28-11-15-8-16(13-28)21-6-3-7-24(30)29(21)12-15)33-23-10-22-19(9-20(23)27)17-4-2-5-18(17)26(32)34-22/h3,6-7,9-10,14-16H,2,4-5,8,11-13H2,1H3/t14-,15-,16+/m0/s1. The second-order valence-corrected chi connectivity index (χ2v) is 10.1. The van der Waals surface area contributed by atoms with Crippen LogP contribution in [0.5, 0.6) is 5.75 Å². The summed E-state index contributed by atoms with van der Waals surface area (Å²) >= 11 is 6.53. The number of amides is 1. The van der Waals surface area contributed by atoms with Gasteiger partial charge in [-0.2, -0.15) is 0 Å². The van der Waals surface area contributed by atoms with Crippen LogP contribution in [0.25, 0.3) is 11.0 Å². The highest BCUT2D eigenvalue weighted by Gasteiger charge is 2.37. The molecule has 4 heterocycles. The lowest BCUT2D eigenvalue weighted by Gasteiger charge is -2.43. The van der Waals surface area contributed by atoms with Gasteiger partial charge in [0.1, 0.15) is 11.3 Å². The van der Waals surface area contributed by atoms with Crippen molar-refractivity contribution in [1.29, 1.82) is 0 Å². The van der Waals surface area contributed by atoms with Crippen LogP contribution in [0.15, 0.2) is 44.3 Å². The van der Waals surface area contributed by atoms with Crippen molar-refractivity contribution < 1.29 is 13.9 Å². The predicted octanol–water partition coefficient (Wildman–Crippen LogP) is 3.51. The Hall–Kier alpha value is -3.06. The summed E-state index contributed by atoms with van der Waals surface area (Å²) < 4.78 is 13.4. The minimum Gasteiger partial charge on any atom is -0.479 e. The molecule has 3 aliphatic rings. The Bertz CT molecular complexity index is 1440. The number of piperidine rings is 1. The number of likely N-dealkylation sites (tertiary alicyclic amines) is 1. The van der Waals surface area contributed by atoms with Gasteiger partial charge in [-0.25, -0.2) is 4.79 Å². The van der Waals surface area contributed by atoms with Gasteiger partial charge in [-0.3, -0.25) is 9.59 Å². The molecule has 0 unspecified atom stereocenters. The van der Waals surface area contributed by atoms with Gasteiger partial charge in [-0.1, -0.05) is 17.7 Å². The van der Waals surface area contributed by atoms with Crippen molar-refractivity contribution in [2.75, 3.05) is 13.1 Å². The highest BCUT2D eigenvalue weighted by molar-refractivity contribution is 6.32. The number of benzene rings is 1. The molecule has 2 bridgehead atoms. The molecule has 0 N–H and O–H groups in total. The fourth-order valence-corrected chi connectivity index (χ4v) is 6.16. The van der Waals surface area contributed by atoms with Crippen LogP contribution in [0.1, 0.15) is 42.5 Å². The first-order valence-electron chi connectivity index (χ1n) is 11.8. The maximum Gasteiger partial charge on any atom is 0.339 e. The van der Waals surface area contributed by atoms with Crippen molar-refractivity contribution in [2.24, 2.45) is 5.92 Å². The first kappa shape index (κ1) is 21.5. The van der Waals surface area contributed by atoms with Crippen LogP contribution in [0, 0.1) is 5.92 Å². The molecular weight excluding hydrogens is 456 g/mol. The first-order valence-corrected chi connectivity index (χ1v) is 12.2. The number of carbonyl (C=O) groups excluding carboxylic acids is 1. The van der Waals surface area contributed by atoms with Crippen molar-refractivity contribution >= 4 is 28.5 Å². The molecule has 2 aromatic heterocycles. The van der Waals surface area contributed by atoms with E-state index in [0.29, 0.717) is 36.0 Å². The maximum absolute atomic E-state index is 13.3. The van der Waals surface area contributed by atoms with Gasteiger partial charge in [0.15, 0.2) is 6.10 Å². The van der Waals surface area contributed by atoms with Gasteiger partial charge in [0, 0.05) is 54.3 Å². The molecule has 0 saturated carbocycles.